The van der Waals surface area contributed by atoms with Crippen molar-refractivity contribution in [1.29, 1.82) is 0 Å². The van der Waals surface area contributed by atoms with E-state index in [1.54, 1.807) is 0 Å². The zero-order valence-electron chi connectivity index (χ0n) is 38.9. The van der Waals surface area contributed by atoms with E-state index in [2.05, 4.69) is 43.5 Å². The van der Waals surface area contributed by atoms with Crippen LogP contribution in [0, 0.1) is 0 Å². The van der Waals surface area contributed by atoms with E-state index in [0.717, 1.165) is 64.6 Å². The van der Waals surface area contributed by atoms with Gasteiger partial charge in [-0.3, -0.25) is 4.57 Å². The second-order valence-electron chi connectivity index (χ2n) is 17.3. The summed E-state index contributed by atoms with van der Waals surface area (Å²) in [5.74, 6) is 0. The molecule has 0 fully saturated rings. The first kappa shape index (κ1) is 56.5. The lowest BCUT2D eigenvalue weighted by atomic mass is 10.1. The van der Waals surface area contributed by atoms with E-state index in [4.69, 9.17) is 14.8 Å². The van der Waals surface area contributed by atoms with Crippen molar-refractivity contribution in [3.05, 3.63) is 24.3 Å². The molecule has 0 spiro atoms. The molecular formula is C51H103N2O3P. The zero-order chi connectivity index (χ0) is 41.3. The fourth-order valence-electron chi connectivity index (χ4n) is 7.59. The highest BCUT2D eigenvalue weighted by Gasteiger charge is 2.23. The van der Waals surface area contributed by atoms with Crippen LogP contribution in [-0.4, -0.2) is 39.0 Å². The van der Waals surface area contributed by atoms with Crippen molar-refractivity contribution in [3.63, 3.8) is 0 Å². The van der Waals surface area contributed by atoms with Gasteiger partial charge in [-0.1, -0.05) is 205 Å². The summed E-state index contributed by atoms with van der Waals surface area (Å²) < 4.78 is 26.0. The molecule has 0 bridgehead atoms. The quantitative estimate of drug-likeness (QED) is 0.0363. The summed E-state index contributed by atoms with van der Waals surface area (Å²) in [5, 5.41) is 3.48. The number of allylic oxidation sites excluding steroid dienone is 4. The van der Waals surface area contributed by atoms with E-state index >= 15 is 0 Å². The molecule has 340 valence electrons. The zero-order valence-corrected chi connectivity index (χ0v) is 39.8. The Morgan fingerprint density at radius 3 is 1.05 bits per heavy atom. The molecule has 0 rings (SSSR count). The lowest BCUT2D eigenvalue weighted by Crippen LogP contribution is -2.19. The highest BCUT2D eigenvalue weighted by atomic mass is 31.2. The first-order chi connectivity index (χ1) is 28.2. The molecule has 0 aliphatic carbocycles. The molecule has 0 unspecified atom stereocenters. The molecule has 0 radical (unpaired) electrons. The number of rotatable bonds is 50. The number of nitrogens with two attached hydrogens (primary N) is 1. The van der Waals surface area contributed by atoms with Gasteiger partial charge in [-0.05, 0) is 103 Å². The summed E-state index contributed by atoms with van der Waals surface area (Å²) in [5.41, 5.74) is 5.55. The van der Waals surface area contributed by atoms with Gasteiger partial charge in [0.05, 0.1) is 19.4 Å². The van der Waals surface area contributed by atoms with Crippen LogP contribution in [0.3, 0.4) is 0 Å². The van der Waals surface area contributed by atoms with Gasteiger partial charge in [-0.2, -0.15) is 0 Å². The van der Waals surface area contributed by atoms with Crippen molar-refractivity contribution in [1.82, 2.24) is 5.32 Å². The molecule has 0 aromatic rings. The van der Waals surface area contributed by atoms with Crippen LogP contribution in [0.1, 0.15) is 264 Å². The maximum Gasteiger partial charge on any atom is 0.330 e. The monoisotopic (exact) mass is 823 g/mol. The molecule has 0 aromatic carbocycles. The molecule has 0 aromatic heterocycles. The molecule has 5 nitrogen and oxygen atoms in total. The van der Waals surface area contributed by atoms with E-state index in [1.165, 1.54) is 205 Å². The third kappa shape index (κ3) is 48.1. The van der Waals surface area contributed by atoms with Crippen LogP contribution < -0.4 is 11.1 Å². The van der Waals surface area contributed by atoms with Crippen LogP contribution in [0.4, 0.5) is 0 Å². The molecule has 0 heterocycles. The topological polar surface area (TPSA) is 73.6 Å². The first-order valence-electron chi connectivity index (χ1n) is 25.8. The van der Waals surface area contributed by atoms with Crippen molar-refractivity contribution in [2.75, 3.05) is 39.0 Å². The van der Waals surface area contributed by atoms with Crippen LogP contribution in [0.5, 0.6) is 0 Å². The predicted molar refractivity (Wildman–Crippen MR) is 256 cm³/mol. The Bertz CT molecular complexity index is 802. The van der Waals surface area contributed by atoms with Gasteiger partial charge in [0.15, 0.2) is 0 Å². The van der Waals surface area contributed by atoms with Gasteiger partial charge in [0.25, 0.3) is 0 Å². The SMILES string of the molecule is CCCCCCCC/C=C\CCCCCCCCOP(=O)(CCCCCCCCCCCCNCCCN)OCCCCCCCC/C=C\CCCCCCCC. The summed E-state index contributed by atoms with van der Waals surface area (Å²) in [6, 6.07) is 0. The second kappa shape index (κ2) is 49.9. The maximum atomic E-state index is 13.8. The summed E-state index contributed by atoms with van der Waals surface area (Å²) in [6.45, 7) is 8.70. The minimum Gasteiger partial charge on any atom is -0.330 e. The number of unbranched alkanes of at least 4 members (excludes halogenated alkanes) is 33. The van der Waals surface area contributed by atoms with Gasteiger partial charge in [-0.15, -0.1) is 0 Å². The Hall–Kier alpha value is -0.450. The highest BCUT2D eigenvalue weighted by molar-refractivity contribution is 7.53. The number of nitrogens with one attached hydrogen (secondary N) is 1. The van der Waals surface area contributed by atoms with Crippen molar-refractivity contribution in [2.45, 2.75) is 264 Å². The molecule has 57 heavy (non-hydrogen) atoms. The molecule has 0 aliphatic rings. The van der Waals surface area contributed by atoms with Crippen molar-refractivity contribution in [2.24, 2.45) is 5.73 Å². The van der Waals surface area contributed by atoms with E-state index < -0.39 is 7.60 Å². The molecule has 0 amide bonds. The molecule has 0 atom stereocenters. The lowest BCUT2D eigenvalue weighted by molar-refractivity contribution is 0.197. The Balaban J connectivity index is 4.15. The second-order valence-corrected chi connectivity index (χ2v) is 19.5. The molecule has 3 N–H and O–H groups in total. The smallest absolute Gasteiger partial charge is 0.330 e. The fraction of sp³-hybridized carbons (Fsp3) is 0.922. The van der Waals surface area contributed by atoms with Gasteiger partial charge in [0.1, 0.15) is 0 Å². The third-order valence-corrected chi connectivity index (χ3v) is 13.5. The Labute approximate surface area is 358 Å². The average molecular weight is 823 g/mol. The summed E-state index contributed by atoms with van der Waals surface area (Å²) in [4.78, 5) is 0. The molecule has 6 heteroatoms. The van der Waals surface area contributed by atoms with Crippen molar-refractivity contribution < 1.29 is 13.6 Å². The Kier molecular flexibility index (Phi) is 49.5. The Morgan fingerprint density at radius 2 is 0.684 bits per heavy atom. The van der Waals surface area contributed by atoms with Gasteiger partial charge < -0.3 is 20.1 Å². The fourth-order valence-corrected chi connectivity index (χ4v) is 9.35. The van der Waals surface area contributed by atoms with Crippen molar-refractivity contribution in [3.8, 4) is 0 Å². The maximum absolute atomic E-state index is 13.8. The summed E-state index contributed by atoms with van der Waals surface area (Å²) >= 11 is 0. The summed E-state index contributed by atoms with van der Waals surface area (Å²) in [7, 11) is -3.01. The molecule has 0 saturated carbocycles. The molecule has 0 saturated heterocycles. The van der Waals surface area contributed by atoms with Crippen LogP contribution >= 0.6 is 7.60 Å². The van der Waals surface area contributed by atoms with Crippen LogP contribution in [-0.2, 0) is 13.6 Å². The van der Waals surface area contributed by atoms with Crippen molar-refractivity contribution >= 4 is 7.60 Å². The van der Waals surface area contributed by atoms with Crippen LogP contribution in [0.2, 0.25) is 0 Å². The number of hydrogen-bond donors (Lipinski definition) is 2. The van der Waals surface area contributed by atoms with Gasteiger partial charge in [0, 0.05) is 0 Å². The van der Waals surface area contributed by atoms with E-state index in [1.807, 2.05) is 0 Å². The largest absolute Gasteiger partial charge is 0.330 e. The predicted octanol–water partition coefficient (Wildman–Crippen LogP) is 17.1. The first-order valence-corrected chi connectivity index (χ1v) is 27.5. The van der Waals surface area contributed by atoms with E-state index in [9.17, 15) is 4.57 Å². The average Bonchev–Trinajstić information content (AvgIpc) is 3.21. The molecule has 0 aliphatic heterocycles. The highest BCUT2D eigenvalue weighted by Crippen LogP contribution is 2.49. The lowest BCUT2D eigenvalue weighted by Gasteiger charge is -2.19. The standard InChI is InChI=1S/C51H103N2O3P/c1-3-5-7-9-11-13-15-17-19-21-23-26-30-34-38-42-49-55-57(54,51-44-40-36-32-28-25-29-33-37-41-47-53-48-45-46-52)56-50-43-39-35-31-27-24-22-20-18-16-14-12-10-8-6-4-2/h17-20,53H,3-16,21-52H2,1-2H3/b19-17-,20-18-. The van der Waals surface area contributed by atoms with Crippen LogP contribution in [0.15, 0.2) is 24.3 Å². The minimum atomic E-state index is -3.01. The van der Waals surface area contributed by atoms with Crippen LogP contribution in [0.25, 0.3) is 0 Å². The summed E-state index contributed by atoms with van der Waals surface area (Å²) in [6.07, 6.45) is 60.1. The van der Waals surface area contributed by atoms with Gasteiger partial charge in [-0.25, -0.2) is 0 Å². The normalized spacial score (nSPS) is 12.3. The van der Waals surface area contributed by atoms with Gasteiger partial charge >= 0.3 is 7.60 Å². The van der Waals surface area contributed by atoms with E-state index in [-0.39, 0.29) is 0 Å². The Morgan fingerprint density at radius 1 is 0.386 bits per heavy atom. The molecular weight excluding hydrogens is 720 g/mol. The third-order valence-electron chi connectivity index (χ3n) is 11.5. The minimum absolute atomic E-state index is 0.579. The van der Waals surface area contributed by atoms with E-state index in [0.29, 0.717) is 19.4 Å². The van der Waals surface area contributed by atoms with Gasteiger partial charge in [0.2, 0.25) is 0 Å². The number of hydrogen-bond acceptors (Lipinski definition) is 5.